The topological polar surface area (TPSA) is 34.1 Å². The van der Waals surface area contributed by atoms with Gasteiger partial charge in [-0.15, -0.1) is 0 Å². The van der Waals surface area contributed by atoms with Gasteiger partial charge < -0.3 is 10.1 Å². The van der Waals surface area contributed by atoms with E-state index in [2.05, 4.69) is 48.6 Å². The van der Waals surface area contributed by atoms with Crippen molar-refractivity contribution in [3.63, 3.8) is 0 Å². The van der Waals surface area contributed by atoms with E-state index in [1.165, 1.54) is 10.9 Å². The van der Waals surface area contributed by atoms with Crippen molar-refractivity contribution in [3.05, 3.63) is 71.9 Å². The van der Waals surface area contributed by atoms with Crippen LogP contribution >= 0.6 is 0 Å². The molecule has 0 spiro atoms. The minimum atomic E-state index is 0.201. The van der Waals surface area contributed by atoms with Gasteiger partial charge >= 0.3 is 0 Å². The average Bonchev–Trinajstić information content (AvgIpc) is 3.02. The fourth-order valence-corrected chi connectivity index (χ4v) is 3.10. The van der Waals surface area contributed by atoms with Crippen molar-refractivity contribution in [1.82, 2.24) is 10.3 Å². The number of hydrogen-bond acceptors (Lipinski definition) is 3. The molecular weight excluding hydrogens is 284 g/mol. The van der Waals surface area contributed by atoms with Crippen molar-refractivity contribution in [2.75, 3.05) is 6.54 Å². The number of ether oxygens (including phenoxy) is 1. The van der Waals surface area contributed by atoms with Crippen LogP contribution in [0.1, 0.15) is 24.2 Å². The molecule has 3 heteroatoms. The smallest absolute Gasteiger partial charge is 0.123 e. The normalized spacial score (nSPS) is 17.7. The Bertz CT molecular complexity index is 805. The lowest BCUT2D eigenvalue weighted by atomic mass is 10.1. The van der Waals surface area contributed by atoms with Gasteiger partial charge in [-0.3, -0.25) is 4.98 Å². The molecule has 1 aromatic heterocycles. The van der Waals surface area contributed by atoms with Gasteiger partial charge in [-0.2, -0.15) is 0 Å². The van der Waals surface area contributed by atoms with Crippen LogP contribution in [0.5, 0.6) is 5.75 Å². The first kappa shape index (κ1) is 14.2. The van der Waals surface area contributed by atoms with Crippen molar-refractivity contribution in [3.8, 4) is 5.75 Å². The van der Waals surface area contributed by atoms with Gasteiger partial charge in [0.2, 0.25) is 0 Å². The molecule has 1 aliphatic rings. The van der Waals surface area contributed by atoms with Crippen LogP contribution in [0.4, 0.5) is 0 Å². The van der Waals surface area contributed by atoms with Crippen LogP contribution in [-0.4, -0.2) is 17.6 Å². The maximum atomic E-state index is 5.98. The number of fused-ring (bicyclic) bond motifs is 2. The zero-order chi connectivity index (χ0) is 15.6. The highest BCUT2D eigenvalue weighted by Gasteiger charge is 2.22. The molecule has 2 aromatic carbocycles. The van der Waals surface area contributed by atoms with E-state index >= 15 is 0 Å². The summed E-state index contributed by atoms with van der Waals surface area (Å²) >= 11 is 0. The molecule has 2 heterocycles. The van der Waals surface area contributed by atoms with Crippen LogP contribution in [0.3, 0.4) is 0 Å². The first-order valence-corrected chi connectivity index (χ1v) is 8.13. The number of hydrogen-bond donors (Lipinski definition) is 1. The predicted molar refractivity (Wildman–Crippen MR) is 92.7 cm³/mol. The number of aromatic nitrogens is 1. The SMILES string of the molecule is C[C@H](NC[C@@H]1Cc2ccccc2O1)c1ccc2ccccc2n1. The highest BCUT2D eigenvalue weighted by Crippen LogP contribution is 2.28. The van der Waals surface area contributed by atoms with E-state index in [0.29, 0.717) is 0 Å². The Morgan fingerprint density at radius 1 is 1.09 bits per heavy atom. The third-order valence-electron chi connectivity index (χ3n) is 4.43. The third kappa shape index (κ3) is 2.92. The summed E-state index contributed by atoms with van der Waals surface area (Å²) in [6.45, 7) is 2.98. The minimum Gasteiger partial charge on any atom is -0.488 e. The summed E-state index contributed by atoms with van der Waals surface area (Å²) in [7, 11) is 0. The van der Waals surface area contributed by atoms with Crippen molar-refractivity contribution in [1.29, 1.82) is 0 Å². The maximum Gasteiger partial charge on any atom is 0.123 e. The van der Waals surface area contributed by atoms with E-state index in [9.17, 15) is 0 Å². The number of nitrogens with one attached hydrogen (secondary N) is 1. The minimum absolute atomic E-state index is 0.201. The number of rotatable bonds is 4. The summed E-state index contributed by atoms with van der Waals surface area (Å²) in [6.07, 6.45) is 1.18. The van der Waals surface area contributed by atoms with Crippen molar-refractivity contribution < 1.29 is 4.74 Å². The van der Waals surface area contributed by atoms with Gasteiger partial charge in [-0.05, 0) is 30.7 Å². The lowest BCUT2D eigenvalue weighted by molar-refractivity contribution is 0.222. The maximum absolute atomic E-state index is 5.98. The second kappa shape index (κ2) is 6.01. The van der Waals surface area contributed by atoms with Crippen molar-refractivity contribution >= 4 is 10.9 Å². The molecule has 3 aromatic rings. The lowest BCUT2D eigenvalue weighted by Crippen LogP contribution is -2.32. The molecule has 0 saturated heterocycles. The van der Waals surface area contributed by atoms with Crippen LogP contribution in [0.25, 0.3) is 10.9 Å². The van der Waals surface area contributed by atoms with Gasteiger partial charge in [0.15, 0.2) is 0 Å². The van der Waals surface area contributed by atoms with Crippen molar-refractivity contribution in [2.24, 2.45) is 0 Å². The molecule has 0 fully saturated rings. The van der Waals surface area contributed by atoms with Gasteiger partial charge in [-0.25, -0.2) is 0 Å². The molecule has 0 unspecified atom stereocenters. The Morgan fingerprint density at radius 2 is 1.91 bits per heavy atom. The first-order valence-electron chi connectivity index (χ1n) is 8.13. The largest absolute Gasteiger partial charge is 0.488 e. The van der Waals surface area contributed by atoms with Gasteiger partial charge in [0, 0.05) is 24.4 Å². The summed E-state index contributed by atoms with van der Waals surface area (Å²) in [4.78, 5) is 4.76. The molecule has 1 N–H and O–H groups in total. The lowest BCUT2D eigenvalue weighted by Gasteiger charge is -2.17. The third-order valence-corrected chi connectivity index (χ3v) is 4.43. The number of pyridine rings is 1. The standard InChI is InChI=1S/C20H20N2O/c1-14(18-11-10-15-6-2-4-8-19(15)22-18)21-13-17-12-16-7-3-5-9-20(16)23-17/h2-11,14,17,21H,12-13H2,1H3/t14-,17-/m0/s1. The fraction of sp³-hybridized carbons (Fsp3) is 0.250. The molecular formula is C20H20N2O. The number of nitrogens with zero attached hydrogens (tertiary/aromatic N) is 1. The molecule has 2 atom stereocenters. The van der Waals surface area contributed by atoms with E-state index < -0.39 is 0 Å². The van der Waals surface area contributed by atoms with E-state index in [4.69, 9.17) is 9.72 Å². The van der Waals surface area contributed by atoms with E-state index in [1.54, 1.807) is 0 Å². The number of benzene rings is 2. The average molecular weight is 304 g/mol. The highest BCUT2D eigenvalue weighted by molar-refractivity contribution is 5.78. The summed E-state index contributed by atoms with van der Waals surface area (Å²) in [6, 6.07) is 20.9. The number of para-hydroxylation sites is 2. The molecule has 3 nitrogen and oxygen atoms in total. The second-order valence-electron chi connectivity index (χ2n) is 6.11. The van der Waals surface area contributed by atoms with Gasteiger partial charge in [0.1, 0.15) is 11.9 Å². The fourth-order valence-electron chi connectivity index (χ4n) is 3.10. The molecule has 0 radical (unpaired) electrons. The molecule has 116 valence electrons. The summed E-state index contributed by atoms with van der Waals surface area (Å²) in [5.41, 5.74) is 3.41. The Hall–Kier alpha value is -2.39. The monoisotopic (exact) mass is 304 g/mol. The molecule has 0 saturated carbocycles. The van der Waals surface area contributed by atoms with Crippen LogP contribution in [0, 0.1) is 0 Å². The second-order valence-corrected chi connectivity index (χ2v) is 6.11. The summed E-state index contributed by atoms with van der Waals surface area (Å²) < 4.78 is 5.98. The highest BCUT2D eigenvalue weighted by atomic mass is 16.5. The Morgan fingerprint density at radius 3 is 2.83 bits per heavy atom. The zero-order valence-electron chi connectivity index (χ0n) is 13.2. The van der Waals surface area contributed by atoms with E-state index in [1.807, 2.05) is 24.3 Å². The Kier molecular flexibility index (Phi) is 3.72. The molecule has 0 aliphatic carbocycles. The zero-order valence-corrected chi connectivity index (χ0v) is 13.2. The Labute approximate surface area is 136 Å². The molecule has 1 aliphatic heterocycles. The molecule has 0 bridgehead atoms. The molecule has 4 rings (SSSR count). The molecule has 0 amide bonds. The van der Waals surface area contributed by atoms with E-state index in [0.717, 1.165) is 29.9 Å². The van der Waals surface area contributed by atoms with Crippen molar-refractivity contribution in [2.45, 2.75) is 25.5 Å². The molecule has 23 heavy (non-hydrogen) atoms. The van der Waals surface area contributed by atoms with E-state index in [-0.39, 0.29) is 12.1 Å². The van der Waals surface area contributed by atoms with Crippen LogP contribution in [0.2, 0.25) is 0 Å². The Balaban J connectivity index is 1.41. The summed E-state index contributed by atoms with van der Waals surface area (Å²) in [5.74, 6) is 1.02. The van der Waals surface area contributed by atoms with Crippen LogP contribution in [0.15, 0.2) is 60.7 Å². The predicted octanol–water partition coefficient (Wildman–Crippen LogP) is 3.89. The quantitative estimate of drug-likeness (QED) is 0.794. The summed E-state index contributed by atoms with van der Waals surface area (Å²) in [5, 5.41) is 4.73. The first-order chi connectivity index (χ1) is 11.3. The van der Waals surface area contributed by atoms with Crippen LogP contribution < -0.4 is 10.1 Å². The van der Waals surface area contributed by atoms with Gasteiger partial charge in [-0.1, -0.05) is 42.5 Å². The van der Waals surface area contributed by atoms with Gasteiger partial charge in [0.25, 0.3) is 0 Å². The van der Waals surface area contributed by atoms with Gasteiger partial charge in [0.05, 0.1) is 11.2 Å². The van der Waals surface area contributed by atoms with Crippen LogP contribution in [-0.2, 0) is 6.42 Å².